The Hall–Kier alpha value is -3.97. The van der Waals surface area contributed by atoms with Gasteiger partial charge in [0, 0.05) is 0 Å². The van der Waals surface area contributed by atoms with E-state index in [1.807, 2.05) is 43.3 Å². The van der Waals surface area contributed by atoms with E-state index in [1.54, 1.807) is 0 Å². The maximum atomic E-state index is 12.5. The molecular formula is C30H26N2O4S. The van der Waals surface area contributed by atoms with E-state index in [0.29, 0.717) is 18.5 Å². The minimum absolute atomic E-state index is 0.201. The molecule has 0 spiro atoms. The molecule has 0 atom stereocenters. The zero-order chi connectivity index (χ0) is 25.6. The number of carbonyl (C=O) groups excluding carboxylic acids is 1. The number of aryl methyl sites for hydroxylation is 3. The molecule has 0 unspecified atom stereocenters. The second kappa shape index (κ2) is 9.16. The molecule has 1 aromatic heterocycles. The number of rotatable bonds is 6. The average molecular weight is 511 g/mol. The number of carboxylic acid groups (broad SMARTS) is 1. The van der Waals surface area contributed by atoms with Crippen LogP contribution in [0.1, 0.15) is 40.8 Å². The smallest absolute Gasteiger partial charge is 0.412 e. The van der Waals surface area contributed by atoms with Crippen LogP contribution in [0.3, 0.4) is 0 Å². The van der Waals surface area contributed by atoms with Crippen LogP contribution in [0.5, 0.6) is 0 Å². The largest absolute Gasteiger partial charge is 0.481 e. The van der Waals surface area contributed by atoms with Crippen molar-refractivity contribution in [3.05, 3.63) is 94.7 Å². The summed E-state index contributed by atoms with van der Waals surface area (Å²) in [6, 6.07) is 22.1. The molecule has 1 fully saturated rings. The maximum absolute atomic E-state index is 12.5. The van der Waals surface area contributed by atoms with Gasteiger partial charge in [-0.3, -0.25) is 10.1 Å². The van der Waals surface area contributed by atoms with Crippen LogP contribution in [0.15, 0.2) is 66.7 Å². The van der Waals surface area contributed by atoms with Crippen LogP contribution in [0, 0.1) is 6.92 Å². The van der Waals surface area contributed by atoms with E-state index in [4.69, 9.17) is 4.74 Å². The van der Waals surface area contributed by atoms with E-state index in [1.165, 1.54) is 33.8 Å². The summed E-state index contributed by atoms with van der Waals surface area (Å²) < 4.78 is 9.91. The van der Waals surface area contributed by atoms with Gasteiger partial charge in [-0.15, -0.1) is 0 Å². The average Bonchev–Trinajstić information content (AvgIpc) is 3.66. The summed E-state index contributed by atoms with van der Waals surface area (Å²) in [5.41, 5.74) is 8.38. The van der Waals surface area contributed by atoms with Crippen LogP contribution >= 0.6 is 11.5 Å². The van der Waals surface area contributed by atoms with Gasteiger partial charge in [0.15, 0.2) is 0 Å². The Balaban J connectivity index is 1.24. The molecule has 0 aliphatic heterocycles. The number of fused-ring (bicyclic) bond motifs is 3. The molecule has 186 valence electrons. The first kappa shape index (κ1) is 23.4. The Labute approximate surface area is 219 Å². The summed E-state index contributed by atoms with van der Waals surface area (Å²) in [4.78, 5) is 25.2. The molecule has 1 amide bonds. The van der Waals surface area contributed by atoms with Gasteiger partial charge in [0.1, 0.15) is 6.61 Å². The van der Waals surface area contributed by atoms with Crippen molar-refractivity contribution in [3.63, 3.8) is 0 Å². The Morgan fingerprint density at radius 1 is 1.00 bits per heavy atom. The normalized spacial score (nSPS) is 14.8. The summed E-state index contributed by atoms with van der Waals surface area (Å²) in [5.74, 6) is -0.721. The highest BCUT2D eigenvalue weighted by Crippen LogP contribution is 2.50. The third-order valence-electron chi connectivity index (χ3n) is 7.44. The number of nitrogens with one attached hydrogen (secondary N) is 1. The first-order valence-corrected chi connectivity index (χ1v) is 13.2. The lowest BCUT2D eigenvalue weighted by molar-refractivity contribution is -0.140. The van der Waals surface area contributed by atoms with Gasteiger partial charge in [-0.2, -0.15) is 4.37 Å². The molecule has 6 nitrogen and oxygen atoms in total. The number of aliphatic carboxylic acids is 1. The molecule has 1 saturated carbocycles. The molecule has 37 heavy (non-hydrogen) atoms. The maximum Gasteiger partial charge on any atom is 0.412 e. The quantitative estimate of drug-likeness (QED) is 0.300. The van der Waals surface area contributed by atoms with E-state index >= 15 is 0 Å². The molecule has 0 radical (unpaired) electrons. The number of carboxylic acids is 1. The van der Waals surface area contributed by atoms with E-state index in [9.17, 15) is 14.7 Å². The molecule has 0 saturated heterocycles. The highest BCUT2D eigenvalue weighted by atomic mass is 32.1. The van der Waals surface area contributed by atoms with Crippen molar-refractivity contribution in [2.45, 2.75) is 44.6 Å². The first-order valence-electron chi connectivity index (χ1n) is 12.4. The summed E-state index contributed by atoms with van der Waals surface area (Å²) in [6.45, 7) is 2.08. The molecule has 2 aliphatic rings. The van der Waals surface area contributed by atoms with Gasteiger partial charge in [-0.1, -0.05) is 60.7 Å². The van der Waals surface area contributed by atoms with Crippen molar-refractivity contribution in [2.75, 3.05) is 5.32 Å². The van der Waals surface area contributed by atoms with E-state index < -0.39 is 17.5 Å². The van der Waals surface area contributed by atoms with Crippen LogP contribution in [0.4, 0.5) is 10.5 Å². The number of hydrogen-bond donors (Lipinski definition) is 2. The number of anilines is 1. The summed E-state index contributed by atoms with van der Waals surface area (Å²) in [5, 5.41) is 12.6. The second-order valence-corrected chi connectivity index (χ2v) is 10.6. The van der Waals surface area contributed by atoms with Gasteiger partial charge < -0.3 is 9.84 Å². The number of nitrogens with zero attached hydrogens (tertiary/aromatic N) is 1. The zero-order valence-electron chi connectivity index (χ0n) is 20.4. The van der Waals surface area contributed by atoms with Crippen LogP contribution in [0.2, 0.25) is 0 Å². The van der Waals surface area contributed by atoms with Crippen LogP contribution in [-0.2, 0) is 34.4 Å². The Bertz CT molecular complexity index is 1520. The highest BCUT2D eigenvalue weighted by Gasteiger charge is 2.51. The van der Waals surface area contributed by atoms with Crippen molar-refractivity contribution in [1.82, 2.24) is 4.37 Å². The number of ether oxygens (including phenoxy) is 1. The zero-order valence-corrected chi connectivity index (χ0v) is 21.2. The van der Waals surface area contributed by atoms with Crippen molar-refractivity contribution in [3.8, 4) is 21.6 Å². The fraction of sp³-hybridized carbons (Fsp3) is 0.233. The highest BCUT2D eigenvalue weighted by molar-refractivity contribution is 7.10. The van der Waals surface area contributed by atoms with E-state index in [-0.39, 0.29) is 6.61 Å². The van der Waals surface area contributed by atoms with Gasteiger partial charge in [0.25, 0.3) is 0 Å². The van der Waals surface area contributed by atoms with E-state index in [2.05, 4.69) is 40.0 Å². The predicted molar refractivity (Wildman–Crippen MR) is 144 cm³/mol. The SMILES string of the molecule is Cc1nsc(-c2ccc3c(c2)CCc2cc(C4(C(=O)O)CC4)ccc2-3)c1NC(=O)OCc1ccccc1. The van der Waals surface area contributed by atoms with Crippen molar-refractivity contribution in [2.24, 2.45) is 0 Å². The van der Waals surface area contributed by atoms with Crippen LogP contribution in [0.25, 0.3) is 21.6 Å². The minimum atomic E-state index is -0.721. The molecule has 3 aromatic carbocycles. The lowest BCUT2D eigenvalue weighted by atomic mass is 9.82. The lowest BCUT2D eigenvalue weighted by Gasteiger charge is -2.22. The second-order valence-electron chi connectivity index (χ2n) is 9.79. The Morgan fingerprint density at radius 2 is 1.70 bits per heavy atom. The molecular weight excluding hydrogens is 484 g/mol. The number of aromatic nitrogens is 1. The van der Waals surface area contributed by atoms with Gasteiger partial charge in [0.05, 0.1) is 21.7 Å². The number of hydrogen-bond acceptors (Lipinski definition) is 5. The number of carbonyl (C=O) groups is 2. The van der Waals surface area contributed by atoms with Gasteiger partial charge >= 0.3 is 12.1 Å². The standard InChI is InChI=1S/C30H26N2O4S/c1-18-26(31-29(35)36-17-19-5-3-2-4-6-19)27(37-32-18)22-9-11-24-20(15-22)7-8-21-16-23(10-12-25(21)24)30(13-14-30)28(33)34/h2-6,9-12,15-16H,7-8,13-14,17H2,1H3,(H,31,35)(H,33,34). The Morgan fingerprint density at radius 3 is 2.41 bits per heavy atom. The Kier molecular flexibility index (Phi) is 5.80. The molecule has 2 N–H and O–H groups in total. The predicted octanol–water partition coefficient (Wildman–Crippen LogP) is 6.75. The molecule has 4 aromatic rings. The van der Waals surface area contributed by atoms with Gasteiger partial charge in [-0.05, 0) is 89.2 Å². The minimum Gasteiger partial charge on any atom is -0.481 e. The van der Waals surface area contributed by atoms with Crippen LogP contribution < -0.4 is 5.32 Å². The van der Waals surface area contributed by atoms with Crippen molar-refractivity contribution >= 4 is 29.3 Å². The molecule has 1 heterocycles. The third kappa shape index (κ3) is 4.29. The first-order chi connectivity index (χ1) is 17.9. The topological polar surface area (TPSA) is 88.5 Å². The fourth-order valence-corrected chi connectivity index (χ4v) is 6.00. The van der Waals surface area contributed by atoms with Gasteiger partial charge in [-0.25, -0.2) is 4.79 Å². The van der Waals surface area contributed by atoms with Crippen molar-refractivity contribution < 1.29 is 19.4 Å². The van der Waals surface area contributed by atoms with Crippen LogP contribution in [-0.4, -0.2) is 21.5 Å². The summed E-state index contributed by atoms with van der Waals surface area (Å²) >= 11 is 1.36. The van der Waals surface area contributed by atoms with Crippen molar-refractivity contribution in [1.29, 1.82) is 0 Å². The monoisotopic (exact) mass is 510 g/mol. The third-order valence-corrected chi connectivity index (χ3v) is 8.43. The number of benzene rings is 3. The lowest BCUT2D eigenvalue weighted by Crippen LogP contribution is -2.20. The molecule has 6 rings (SSSR count). The molecule has 7 heteroatoms. The summed E-state index contributed by atoms with van der Waals surface area (Å²) in [7, 11) is 0. The number of amides is 1. The molecule has 0 bridgehead atoms. The summed E-state index contributed by atoms with van der Waals surface area (Å²) in [6.07, 6.45) is 2.66. The molecule has 2 aliphatic carbocycles. The fourth-order valence-electron chi connectivity index (χ4n) is 5.16. The van der Waals surface area contributed by atoms with Gasteiger partial charge in [0.2, 0.25) is 0 Å². The van der Waals surface area contributed by atoms with E-state index in [0.717, 1.165) is 40.1 Å².